The van der Waals surface area contributed by atoms with Crippen LogP contribution in [0.5, 0.6) is 0 Å². The third kappa shape index (κ3) is 5.72. The predicted octanol–water partition coefficient (Wildman–Crippen LogP) is 2.71. The number of nitrogens with zero attached hydrogens (tertiary/aromatic N) is 2. The lowest BCUT2D eigenvalue weighted by atomic mass is 9.73. The van der Waals surface area contributed by atoms with Crippen LogP contribution in [-0.4, -0.2) is 47.4 Å². The molecule has 1 heterocycles. The molecule has 7 nitrogen and oxygen atoms in total. The first-order chi connectivity index (χ1) is 14.4. The summed E-state index contributed by atoms with van der Waals surface area (Å²) in [5, 5.41) is 5.89. The number of nitrogen functional groups attached to an aromatic ring is 1. The van der Waals surface area contributed by atoms with Crippen molar-refractivity contribution in [3.8, 4) is 0 Å². The van der Waals surface area contributed by atoms with Gasteiger partial charge in [0.1, 0.15) is 11.4 Å². The van der Waals surface area contributed by atoms with E-state index in [-0.39, 0.29) is 11.8 Å². The molecule has 1 aliphatic carbocycles. The van der Waals surface area contributed by atoms with Crippen molar-refractivity contribution < 1.29 is 9.59 Å². The van der Waals surface area contributed by atoms with Gasteiger partial charge in [-0.15, -0.1) is 0 Å². The van der Waals surface area contributed by atoms with Crippen LogP contribution in [0.2, 0.25) is 0 Å². The van der Waals surface area contributed by atoms with Crippen molar-refractivity contribution in [1.29, 1.82) is 0 Å². The van der Waals surface area contributed by atoms with Crippen LogP contribution in [0.25, 0.3) is 0 Å². The number of anilines is 1. The Morgan fingerprint density at radius 1 is 1.23 bits per heavy atom. The van der Waals surface area contributed by atoms with Crippen molar-refractivity contribution in [3.05, 3.63) is 23.9 Å². The highest BCUT2D eigenvalue weighted by Crippen LogP contribution is 2.36. The van der Waals surface area contributed by atoms with Gasteiger partial charge in [0.05, 0.1) is 5.92 Å². The zero-order valence-electron chi connectivity index (χ0n) is 19.0. The summed E-state index contributed by atoms with van der Waals surface area (Å²) in [6.07, 6.45) is 8.35. The first-order valence-electron chi connectivity index (χ1n) is 11.3. The highest BCUT2D eigenvalue weighted by molar-refractivity contribution is 5.93. The summed E-state index contributed by atoms with van der Waals surface area (Å²) in [6.45, 7) is 7.79. The van der Waals surface area contributed by atoms with Crippen LogP contribution in [0.15, 0.2) is 18.3 Å². The molecular formula is C23H39N5O2. The van der Waals surface area contributed by atoms with E-state index in [4.69, 9.17) is 5.73 Å². The van der Waals surface area contributed by atoms with Gasteiger partial charge >= 0.3 is 0 Å². The highest BCUT2D eigenvalue weighted by Gasteiger charge is 2.48. The zero-order valence-corrected chi connectivity index (χ0v) is 19.0. The molecule has 1 fully saturated rings. The summed E-state index contributed by atoms with van der Waals surface area (Å²) in [7, 11) is 1.65. The number of nitrogens with two attached hydrogens (primary N) is 1. The topological polar surface area (TPSA) is 100 Å². The summed E-state index contributed by atoms with van der Waals surface area (Å²) in [5.41, 5.74) is 5.64. The van der Waals surface area contributed by atoms with E-state index in [0.717, 1.165) is 24.8 Å². The molecule has 4 N–H and O–H groups in total. The molecule has 1 saturated carbocycles. The van der Waals surface area contributed by atoms with Gasteiger partial charge in [-0.25, -0.2) is 4.98 Å². The number of hydrogen-bond donors (Lipinski definition) is 3. The van der Waals surface area contributed by atoms with Gasteiger partial charge in [-0.05, 0) is 44.0 Å². The van der Waals surface area contributed by atoms with E-state index in [1.807, 2.05) is 26.8 Å². The van der Waals surface area contributed by atoms with Gasteiger partial charge in [0.2, 0.25) is 11.8 Å². The van der Waals surface area contributed by atoms with Crippen molar-refractivity contribution in [2.45, 2.75) is 71.4 Å². The standard InChI is InChI=1S/C23H39N5O2/c1-5-28(6-2)23(3,22(30)25-4)19(14-17-10-8-7-9-11-17)21(29)27-16-18-12-13-20(24)26-15-18/h12-13,15,17,19H,5-11,14,16H2,1-4H3,(H2,24,26)(H,25,30)(H,27,29)/t19-,23?/m1/s1. The monoisotopic (exact) mass is 417 g/mol. The average Bonchev–Trinajstić information content (AvgIpc) is 2.77. The minimum absolute atomic E-state index is 0.0737. The minimum atomic E-state index is -0.904. The van der Waals surface area contributed by atoms with Crippen molar-refractivity contribution >= 4 is 17.6 Å². The van der Waals surface area contributed by atoms with Gasteiger partial charge < -0.3 is 16.4 Å². The summed E-state index contributed by atoms with van der Waals surface area (Å²) >= 11 is 0. The number of carbonyl (C=O) groups is 2. The molecule has 2 atom stereocenters. The molecule has 168 valence electrons. The molecule has 0 radical (unpaired) electrons. The van der Waals surface area contributed by atoms with Crippen LogP contribution in [0, 0.1) is 11.8 Å². The Balaban J connectivity index is 2.29. The van der Waals surface area contributed by atoms with Gasteiger partial charge in [0, 0.05) is 19.8 Å². The van der Waals surface area contributed by atoms with Gasteiger partial charge in [-0.2, -0.15) is 0 Å². The smallest absolute Gasteiger partial charge is 0.240 e. The first kappa shape index (κ1) is 24.1. The second kappa shape index (κ2) is 11.3. The highest BCUT2D eigenvalue weighted by atomic mass is 16.2. The molecule has 30 heavy (non-hydrogen) atoms. The minimum Gasteiger partial charge on any atom is -0.384 e. The number of hydrogen-bond acceptors (Lipinski definition) is 5. The van der Waals surface area contributed by atoms with Crippen LogP contribution in [0.1, 0.15) is 64.9 Å². The van der Waals surface area contributed by atoms with Crippen molar-refractivity contribution in [2.24, 2.45) is 11.8 Å². The van der Waals surface area contributed by atoms with Crippen LogP contribution in [0.3, 0.4) is 0 Å². The Morgan fingerprint density at radius 2 is 1.90 bits per heavy atom. The number of likely N-dealkylation sites (N-methyl/N-ethyl adjacent to an activating group) is 2. The van der Waals surface area contributed by atoms with Crippen LogP contribution in [-0.2, 0) is 16.1 Å². The molecule has 1 aromatic heterocycles. The molecule has 0 bridgehead atoms. The largest absolute Gasteiger partial charge is 0.384 e. The van der Waals surface area contributed by atoms with Gasteiger partial charge in [-0.3, -0.25) is 14.5 Å². The van der Waals surface area contributed by atoms with Gasteiger partial charge in [-0.1, -0.05) is 52.0 Å². The number of aromatic nitrogens is 1. The summed E-state index contributed by atoms with van der Waals surface area (Å²) in [5.74, 6) is 0.329. The van der Waals surface area contributed by atoms with Crippen LogP contribution in [0.4, 0.5) is 5.82 Å². The number of amides is 2. The summed E-state index contributed by atoms with van der Waals surface area (Å²) in [6, 6.07) is 3.59. The molecule has 0 aliphatic heterocycles. The summed E-state index contributed by atoms with van der Waals surface area (Å²) in [4.78, 5) is 32.8. The SMILES string of the molecule is CCN(CC)C(C)(C(=O)NC)[C@H](CC1CCCCC1)C(=O)NCc1ccc(N)nc1. The quantitative estimate of drug-likeness (QED) is 0.543. The Kier molecular flexibility index (Phi) is 9.08. The summed E-state index contributed by atoms with van der Waals surface area (Å²) < 4.78 is 0. The Bertz CT molecular complexity index is 683. The van der Waals surface area contributed by atoms with Crippen molar-refractivity contribution in [3.63, 3.8) is 0 Å². The Hall–Kier alpha value is -2.15. The molecule has 7 heteroatoms. The number of rotatable bonds is 10. The first-order valence-corrected chi connectivity index (χ1v) is 11.3. The maximum atomic E-state index is 13.5. The molecular weight excluding hydrogens is 378 g/mol. The van der Waals surface area contributed by atoms with E-state index in [1.165, 1.54) is 19.3 Å². The third-order valence-electron chi connectivity index (χ3n) is 6.71. The maximum absolute atomic E-state index is 13.5. The van der Waals surface area contributed by atoms with Crippen LogP contribution >= 0.6 is 0 Å². The zero-order chi connectivity index (χ0) is 22.1. The fourth-order valence-corrected chi connectivity index (χ4v) is 4.86. The maximum Gasteiger partial charge on any atom is 0.240 e. The van der Waals surface area contributed by atoms with E-state index in [9.17, 15) is 9.59 Å². The second-order valence-corrected chi connectivity index (χ2v) is 8.50. The normalized spacial score (nSPS) is 17.9. The van der Waals surface area contributed by atoms with Crippen molar-refractivity contribution in [2.75, 3.05) is 25.9 Å². The van der Waals surface area contributed by atoms with E-state index < -0.39 is 11.5 Å². The van der Waals surface area contributed by atoms with E-state index in [2.05, 4.69) is 20.5 Å². The molecule has 0 spiro atoms. The molecule has 1 aromatic rings. The lowest BCUT2D eigenvalue weighted by Crippen LogP contribution is -2.63. The molecule has 1 unspecified atom stereocenters. The van der Waals surface area contributed by atoms with E-state index >= 15 is 0 Å². The Morgan fingerprint density at radius 3 is 2.43 bits per heavy atom. The van der Waals surface area contributed by atoms with Gasteiger partial charge in [0.25, 0.3) is 0 Å². The molecule has 0 aromatic carbocycles. The fraction of sp³-hybridized carbons (Fsp3) is 0.696. The Labute approximate surface area is 181 Å². The molecule has 2 amide bonds. The fourth-order valence-electron chi connectivity index (χ4n) is 4.86. The number of carbonyl (C=O) groups excluding carboxylic acids is 2. The van der Waals surface area contributed by atoms with E-state index in [0.29, 0.717) is 31.4 Å². The second-order valence-electron chi connectivity index (χ2n) is 8.50. The lowest BCUT2D eigenvalue weighted by molar-refractivity contribution is -0.145. The lowest BCUT2D eigenvalue weighted by Gasteiger charge is -2.44. The number of nitrogens with one attached hydrogen (secondary N) is 2. The third-order valence-corrected chi connectivity index (χ3v) is 6.71. The van der Waals surface area contributed by atoms with Gasteiger partial charge in [0.15, 0.2) is 0 Å². The molecule has 2 rings (SSSR count). The molecule has 1 aliphatic rings. The number of pyridine rings is 1. The van der Waals surface area contributed by atoms with Crippen LogP contribution < -0.4 is 16.4 Å². The molecule has 0 saturated heterocycles. The van der Waals surface area contributed by atoms with E-state index in [1.54, 1.807) is 19.3 Å². The average molecular weight is 418 g/mol. The van der Waals surface area contributed by atoms with Crippen molar-refractivity contribution in [1.82, 2.24) is 20.5 Å². The predicted molar refractivity (Wildman–Crippen MR) is 121 cm³/mol.